The van der Waals surface area contributed by atoms with E-state index in [1.54, 1.807) is 4.68 Å². The molecule has 1 aromatic rings. The van der Waals surface area contributed by atoms with Gasteiger partial charge in [-0.15, -0.1) is 0 Å². The van der Waals surface area contributed by atoms with Crippen LogP contribution in [0.15, 0.2) is 12.4 Å². The van der Waals surface area contributed by atoms with Crippen molar-refractivity contribution in [2.75, 3.05) is 20.7 Å². The second-order valence-electron chi connectivity index (χ2n) is 3.59. The molecule has 0 amide bonds. The van der Waals surface area contributed by atoms with Crippen molar-refractivity contribution >= 4 is 5.97 Å². The molecule has 5 nitrogen and oxygen atoms in total. The van der Waals surface area contributed by atoms with Crippen molar-refractivity contribution in [2.24, 2.45) is 7.05 Å². The lowest BCUT2D eigenvalue weighted by Crippen LogP contribution is -2.21. The van der Waals surface area contributed by atoms with Crippen molar-refractivity contribution in [2.45, 2.75) is 13.0 Å². The molecular formula is C10H17N3O2. The van der Waals surface area contributed by atoms with Gasteiger partial charge in [0.25, 0.3) is 0 Å². The maximum Gasteiger partial charge on any atom is 0.306 e. The normalized spacial score (nSPS) is 10.7. The van der Waals surface area contributed by atoms with E-state index in [9.17, 15) is 4.79 Å². The molecule has 0 aliphatic heterocycles. The van der Waals surface area contributed by atoms with Gasteiger partial charge in [0, 0.05) is 31.9 Å². The second kappa shape index (κ2) is 5.50. The number of carbonyl (C=O) groups excluding carboxylic acids is 1. The van der Waals surface area contributed by atoms with Crippen LogP contribution in [0.2, 0.25) is 0 Å². The van der Waals surface area contributed by atoms with Crippen LogP contribution in [0.4, 0.5) is 0 Å². The molecule has 0 fully saturated rings. The number of hydrogen-bond acceptors (Lipinski definition) is 4. The number of aromatic nitrogens is 2. The third kappa shape index (κ3) is 4.12. The first-order valence-corrected chi connectivity index (χ1v) is 4.84. The number of methoxy groups -OCH3 is 1. The van der Waals surface area contributed by atoms with Gasteiger partial charge in [-0.3, -0.25) is 9.48 Å². The Bertz CT molecular complexity index is 322. The van der Waals surface area contributed by atoms with E-state index in [2.05, 4.69) is 14.7 Å². The fraction of sp³-hybridized carbons (Fsp3) is 0.600. The molecule has 5 heteroatoms. The van der Waals surface area contributed by atoms with E-state index in [1.165, 1.54) is 7.11 Å². The second-order valence-corrected chi connectivity index (χ2v) is 3.59. The Kier molecular flexibility index (Phi) is 4.30. The van der Waals surface area contributed by atoms with E-state index >= 15 is 0 Å². The first-order chi connectivity index (χ1) is 7.11. The van der Waals surface area contributed by atoms with Crippen molar-refractivity contribution in [1.29, 1.82) is 0 Å². The largest absolute Gasteiger partial charge is 0.469 e. The first kappa shape index (κ1) is 11.7. The van der Waals surface area contributed by atoms with Crippen LogP contribution < -0.4 is 0 Å². The standard InChI is InChI=1S/C10H17N3O2/c1-12(5-4-10(14)15-3)7-9-6-11-13(2)8-9/h6,8H,4-5,7H2,1-3H3. The third-order valence-electron chi connectivity index (χ3n) is 2.14. The lowest BCUT2D eigenvalue weighted by atomic mass is 10.3. The maximum absolute atomic E-state index is 10.9. The number of ether oxygens (including phenoxy) is 1. The molecular weight excluding hydrogens is 194 g/mol. The quantitative estimate of drug-likeness (QED) is 0.662. The van der Waals surface area contributed by atoms with Crippen molar-refractivity contribution in [1.82, 2.24) is 14.7 Å². The smallest absolute Gasteiger partial charge is 0.306 e. The molecule has 15 heavy (non-hydrogen) atoms. The molecule has 84 valence electrons. The van der Waals surface area contributed by atoms with Crippen molar-refractivity contribution in [3.8, 4) is 0 Å². The molecule has 0 aliphatic rings. The summed E-state index contributed by atoms with van der Waals surface area (Å²) in [5, 5.41) is 4.08. The fourth-order valence-corrected chi connectivity index (χ4v) is 1.33. The average molecular weight is 211 g/mol. The highest BCUT2D eigenvalue weighted by atomic mass is 16.5. The first-order valence-electron chi connectivity index (χ1n) is 4.84. The summed E-state index contributed by atoms with van der Waals surface area (Å²) in [6.07, 6.45) is 4.22. The van der Waals surface area contributed by atoms with Crippen LogP contribution in [0.3, 0.4) is 0 Å². The zero-order chi connectivity index (χ0) is 11.3. The predicted molar refractivity (Wildman–Crippen MR) is 56.2 cm³/mol. The summed E-state index contributed by atoms with van der Waals surface area (Å²) in [6.45, 7) is 1.49. The highest BCUT2D eigenvalue weighted by Crippen LogP contribution is 2.01. The number of nitrogens with zero attached hydrogens (tertiary/aromatic N) is 3. The van der Waals surface area contributed by atoms with E-state index in [0.29, 0.717) is 13.0 Å². The summed E-state index contributed by atoms with van der Waals surface area (Å²) in [5.74, 6) is -0.173. The zero-order valence-corrected chi connectivity index (χ0v) is 9.43. The molecule has 0 aliphatic carbocycles. The summed E-state index contributed by atoms with van der Waals surface area (Å²) in [6, 6.07) is 0. The topological polar surface area (TPSA) is 47.4 Å². The number of carbonyl (C=O) groups is 1. The summed E-state index contributed by atoms with van der Waals surface area (Å²) in [4.78, 5) is 13.0. The molecule has 0 bridgehead atoms. The molecule has 1 heterocycles. The van der Waals surface area contributed by atoms with E-state index in [4.69, 9.17) is 0 Å². The summed E-state index contributed by atoms with van der Waals surface area (Å²) < 4.78 is 6.34. The van der Waals surface area contributed by atoms with Gasteiger partial charge in [-0.05, 0) is 7.05 Å². The van der Waals surface area contributed by atoms with Gasteiger partial charge in [-0.2, -0.15) is 5.10 Å². The van der Waals surface area contributed by atoms with Crippen LogP contribution in [0.5, 0.6) is 0 Å². The zero-order valence-electron chi connectivity index (χ0n) is 9.43. The van der Waals surface area contributed by atoms with Crippen LogP contribution in [0, 0.1) is 0 Å². The van der Waals surface area contributed by atoms with Crippen LogP contribution in [-0.4, -0.2) is 41.4 Å². The molecule has 0 atom stereocenters. The molecule has 0 radical (unpaired) electrons. The van der Waals surface area contributed by atoms with Crippen LogP contribution in [0.25, 0.3) is 0 Å². The maximum atomic E-state index is 10.9. The summed E-state index contributed by atoms with van der Waals surface area (Å²) in [7, 11) is 5.26. The van der Waals surface area contributed by atoms with Gasteiger partial charge in [0.05, 0.1) is 19.7 Å². The Hall–Kier alpha value is -1.36. The number of rotatable bonds is 5. The Morgan fingerprint density at radius 3 is 2.93 bits per heavy atom. The van der Waals surface area contributed by atoms with Gasteiger partial charge in [0.15, 0.2) is 0 Å². The lowest BCUT2D eigenvalue weighted by Gasteiger charge is -2.14. The van der Waals surface area contributed by atoms with Crippen molar-refractivity contribution < 1.29 is 9.53 Å². The van der Waals surface area contributed by atoms with Gasteiger partial charge in [0.1, 0.15) is 0 Å². The van der Waals surface area contributed by atoms with Crippen molar-refractivity contribution in [3.63, 3.8) is 0 Å². The van der Waals surface area contributed by atoms with E-state index < -0.39 is 0 Å². The van der Waals surface area contributed by atoms with E-state index in [1.807, 2.05) is 26.5 Å². The van der Waals surface area contributed by atoms with Gasteiger partial charge < -0.3 is 9.64 Å². The van der Waals surface area contributed by atoms with Gasteiger partial charge >= 0.3 is 5.97 Å². The molecule has 0 spiro atoms. The Morgan fingerprint density at radius 1 is 1.67 bits per heavy atom. The van der Waals surface area contributed by atoms with Crippen LogP contribution >= 0.6 is 0 Å². The molecule has 0 unspecified atom stereocenters. The van der Waals surface area contributed by atoms with E-state index in [0.717, 1.165) is 12.1 Å². The molecule has 0 N–H and O–H groups in total. The third-order valence-corrected chi connectivity index (χ3v) is 2.14. The highest BCUT2D eigenvalue weighted by molar-refractivity contribution is 5.69. The van der Waals surface area contributed by atoms with Gasteiger partial charge in [-0.1, -0.05) is 0 Å². The summed E-state index contributed by atoms with van der Waals surface area (Å²) >= 11 is 0. The average Bonchev–Trinajstić information content (AvgIpc) is 2.60. The minimum Gasteiger partial charge on any atom is -0.469 e. The SMILES string of the molecule is COC(=O)CCN(C)Cc1cnn(C)c1. The number of hydrogen-bond donors (Lipinski definition) is 0. The van der Waals surface area contributed by atoms with E-state index in [-0.39, 0.29) is 5.97 Å². The molecule has 1 aromatic heterocycles. The monoisotopic (exact) mass is 211 g/mol. The minimum absolute atomic E-state index is 0.173. The van der Waals surface area contributed by atoms with Crippen LogP contribution in [-0.2, 0) is 23.1 Å². The number of aryl methyl sites for hydroxylation is 1. The molecule has 1 rings (SSSR count). The Balaban J connectivity index is 2.30. The molecule has 0 saturated carbocycles. The summed E-state index contributed by atoms with van der Waals surface area (Å²) in [5.41, 5.74) is 1.14. The predicted octanol–water partition coefficient (Wildman–Crippen LogP) is 0.415. The minimum atomic E-state index is -0.173. The van der Waals surface area contributed by atoms with Crippen molar-refractivity contribution in [3.05, 3.63) is 18.0 Å². The molecule has 0 aromatic carbocycles. The Morgan fingerprint density at radius 2 is 2.40 bits per heavy atom. The number of esters is 1. The Labute approximate surface area is 89.6 Å². The van der Waals surface area contributed by atoms with Gasteiger partial charge in [0.2, 0.25) is 0 Å². The highest BCUT2D eigenvalue weighted by Gasteiger charge is 2.05. The molecule has 0 saturated heterocycles. The van der Waals surface area contributed by atoms with Crippen LogP contribution in [0.1, 0.15) is 12.0 Å². The lowest BCUT2D eigenvalue weighted by molar-refractivity contribution is -0.140. The van der Waals surface area contributed by atoms with Gasteiger partial charge in [-0.25, -0.2) is 0 Å². The fourth-order valence-electron chi connectivity index (χ4n) is 1.33.